The smallest absolute Gasteiger partial charge is 0.341 e. The zero-order valence-corrected chi connectivity index (χ0v) is 19.1. The Morgan fingerprint density at radius 1 is 1.12 bits per heavy atom. The zero-order valence-electron chi connectivity index (χ0n) is 18.3. The number of carbonyl (C=O) groups is 2. The Balaban J connectivity index is 1.96. The van der Waals surface area contributed by atoms with Crippen molar-refractivity contribution in [3.05, 3.63) is 63.4 Å². The van der Waals surface area contributed by atoms with Crippen LogP contribution in [-0.2, 0) is 16.1 Å². The van der Waals surface area contributed by atoms with Crippen molar-refractivity contribution in [1.82, 2.24) is 4.57 Å². The number of ether oxygens (including phenoxy) is 3. The molecule has 32 heavy (non-hydrogen) atoms. The molecule has 0 bridgehead atoms. The first-order valence-corrected chi connectivity index (χ1v) is 10.7. The first-order chi connectivity index (χ1) is 15.4. The molecule has 0 aliphatic heterocycles. The number of amides is 1. The van der Waals surface area contributed by atoms with Gasteiger partial charge in [-0.1, -0.05) is 12.1 Å². The Hall–Kier alpha value is -3.59. The first-order valence-electron chi connectivity index (χ1n) is 9.86. The summed E-state index contributed by atoms with van der Waals surface area (Å²) in [7, 11) is 3.07. The van der Waals surface area contributed by atoms with Crippen LogP contribution in [0.2, 0.25) is 0 Å². The van der Waals surface area contributed by atoms with Crippen LogP contribution in [-0.4, -0.2) is 37.3 Å². The van der Waals surface area contributed by atoms with Gasteiger partial charge in [-0.2, -0.15) is 0 Å². The Bertz CT molecular complexity index is 1200. The largest absolute Gasteiger partial charge is 0.493 e. The SMILES string of the molecule is CCOC(=O)c1c(-c2ccc(OC)c(OC)c2)csc1NC(=O)Cn1cccc(C)c1=O. The van der Waals surface area contributed by atoms with Gasteiger partial charge in [0.1, 0.15) is 17.1 Å². The molecular formula is C23H24N2O6S. The lowest BCUT2D eigenvalue weighted by atomic mass is 10.0. The highest BCUT2D eigenvalue weighted by atomic mass is 32.1. The van der Waals surface area contributed by atoms with E-state index in [9.17, 15) is 14.4 Å². The minimum absolute atomic E-state index is 0.174. The van der Waals surface area contributed by atoms with Gasteiger partial charge in [-0.15, -0.1) is 11.3 Å². The molecule has 0 radical (unpaired) electrons. The Morgan fingerprint density at radius 2 is 1.88 bits per heavy atom. The van der Waals surface area contributed by atoms with Crippen LogP contribution in [0.15, 0.2) is 46.7 Å². The molecule has 2 heterocycles. The van der Waals surface area contributed by atoms with Gasteiger partial charge < -0.3 is 24.1 Å². The summed E-state index contributed by atoms with van der Waals surface area (Å²) in [5.74, 6) is 0.0854. The maximum Gasteiger partial charge on any atom is 0.341 e. The topological polar surface area (TPSA) is 95.9 Å². The van der Waals surface area contributed by atoms with Crippen LogP contribution < -0.4 is 20.3 Å². The molecule has 3 aromatic rings. The van der Waals surface area contributed by atoms with E-state index in [0.717, 1.165) is 0 Å². The maximum atomic E-state index is 12.8. The van der Waals surface area contributed by atoms with E-state index >= 15 is 0 Å². The van der Waals surface area contributed by atoms with Gasteiger partial charge in [-0.25, -0.2) is 4.79 Å². The molecule has 0 saturated carbocycles. The fourth-order valence-electron chi connectivity index (χ4n) is 3.17. The molecule has 2 aromatic heterocycles. The van der Waals surface area contributed by atoms with Gasteiger partial charge >= 0.3 is 5.97 Å². The Kier molecular flexibility index (Phi) is 7.32. The van der Waals surface area contributed by atoms with Crippen LogP contribution in [0.5, 0.6) is 11.5 Å². The van der Waals surface area contributed by atoms with Crippen molar-refractivity contribution in [2.24, 2.45) is 0 Å². The summed E-state index contributed by atoms with van der Waals surface area (Å²) in [6, 6.07) is 8.67. The van der Waals surface area contributed by atoms with Crippen LogP contribution in [0.3, 0.4) is 0 Å². The van der Waals surface area contributed by atoms with Crippen LogP contribution in [0.25, 0.3) is 11.1 Å². The van der Waals surface area contributed by atoms with Crippen LogP contribution in [0.4, 0.5) is 5.00 Å². The van der Waals surface area contributed by atoms with Crippen molar-refractivity contribution < 1.29 is 23.8 Å². The van der Waals surface area contributed by atoms with E-state index in [1.165, 1.54) is 23.0 Å². The highest BCUT2D eigenvalue weighted by Crippen LogP contribution is 2.39. The zero-order chi connectivity index (χ0) is 23.3. The average Bonchev–Trinajstić information content (AvgIpc) is 3.20. The van der Waals surface area contributed by atoms with Crippen molar-refractivity contribution in [2.45, 2.75) is 20.4 Å². The summed E-state index contributed by atoms with van der Waals surface area (Å²) in [6.07, 6.45) is 1.55. The predicted octanol–water partition coefficient (Wildman–Crippen LogP) is 3.72. The van der Waals surface area contributed by atoms with Crippen molar-refractivity contribution in [3.8, 4) is 22.6 Å². The molecule has 8 nitrogen and oxygen atoms in total. The highest BCUT2D eigenvalue weighted by Gasteiger charge is 2.23. The third-order valence-corrected chi connectivity index (χ3v) is 5.64. The maximum absolute atomic E-state index is 12.8. The quantitative estimate of drug-likeness (QED) is 0.519. The third kappa shape index (κ3) is 4.83. The summed E-state index contributed by atoms with van der Waals surface area (Å²) in [5, 5.41) is 4.86. The molecule has 1 aromatic carbocycles. The molecule has 0 saturated heterocycles. The third-order valence-electron chi connectivity index (χ3n) is 4.74. The van der Waals surface area contributed by atoms with E-state index in [2.05, 4.69) is 5.32 Å². The summed E-state index contributed by atoms with van der Waals surface area (Å²) in [6.45, 7) is 3.41. The number of hydrogen-bond donors (Lipinski definition) is 1. The molecule has 168 valence electrons. The minimum atomic E-state index is -0.554. The molecule has 0 fully saturated rings. The van der Waals surface area contributed by atoms with Crippen molar-refractivity contribution in [3.63, 3.8) is 0 Å². The molecule has 0 unspecified atom stereocenters. The van der Waals surface area contributed by atoms with Crippen LogP contribution >= 0.6 is 11.3 Å². The number of pyridine rings is 1. The summed E-state index contributed by atoms with van der Waals surface area (Å²) >= 11 is 1.20. The highest BCUT2D eigenvalue weighted by molar-refractivity contribution is 7.15. The monoisotopic (exact) mass is 456 g/mol. The molecule has 0 aliphatic rings. The fourth-order valence-corrected chi connectivity index (χ4v) is 4.15. The first kappa shape index (κ1) is 23.1. The number of rotatable bonds is 8. The van der Waals surface area contributed by atoms with Gasteiger partial charge in [-0.05, 0) is 37.6 Å². The second kappa shape index (κ2) is 10.1. The number of esters is 1. The van der Waals surface area contributed by atoms with Crippen molar-refractivity contribution in [2.75, 3.05) is 26.1 Å². The average molecular weight is 457 g/mol. The van der Waals surface area contributed by atoms with Gasteiger partial charge in [0.25, 0.3) is 5.56 Å². The molecule has 0 spiro atoms. The molecule has 3 rings (SSSR count). The summed E-state index contributed by atoms with van der Waals surface area (Å²) < 4.78 is 17.2. The van der Waals surface area contributed by atoms with E-state index in [0.29, 0.717) is 33.2 Å². The number of nitrogens with zero attached hydrogens (tertiary/aromatic N) is 1. The van der Waals surface area contributed by atoms with E-state index in [1.54, 1.807) is 62.9 Å². The van der Waals surface area contributed by atoms with Gasteiger partial charge in [-0.3, -0.25) is 9.59 Å². The minimum Gasteiger partial charge on any atom is -0.493 e. The second-order valence-electron chi connectivity index (χ2n) is 6.82. The lowest BCUT2D eigenvalue weighted by molar-refractivity contribution is -0.116. The Morgan fingerprint density at radius 3 is 2.56 bits per heavy atom. The molecular weight excluding hydrogens is 432 g/mol. The fraction of sp³-hybridized carbons (Fsp3) is 0.261. The number of aromatic nitrogens is 1. The van der Waals surface area contributed by atoms with Crippen LogP contribution in [0, 0.1) is 6.92 Å². The van der Waals surface area contributed by atoms with Crippen molar-refractivity contribution in [1.29, 1.82) is 0 Å². The van der Waals surface area contributed by atoms with Gasteiger partial charge in [0, 0.05) is 22.7 Å². The van der Waals surface area contributed by atoms with E-state index < -0.39 is 11.9 Å². The molecule has 0 aliphatic carbocycles. The van der Waals surface area contributed by atoms with E-state index in [4.69, 9.17) is 14.2 Å². The normalized spacial score (nSPS) is 10.5. The lowest BCUT2D eigenvalue weighted by Gasteiger charge is -2.12. The lowest BCUT2D eigenvalue weighted by Crippen LogP contribution is -2.28. The molecule has 9 heteroatoms. The number of carbonyl (C=O) groups excluding carboxylic acids is 2. The standard InChI is InChI=1S/C23H24N2O6S/c1-5-31-23(28)20-16(15-8-9-17(29-3)18(11-15)30-4)13-32-21(20)24-19(26)12-25-10-6-7-14(2)22(25)27/h6-11,13H,5,12H2,1-4H3,(H,24,26). The number of hydrogen-bond acceptors (Lipinski definition) is 7. The second-order valence-corrected chi connectivity index (χ2v) is 7.70. The summed E-state index contributed by atoms with van der Waals surface area (Å²) in [4.78, 5) is 37.6. The van der Waals surface area contributed by atoms with E-state index in [-0.39, 0.29) is 24.3 Å². The number of anilines is 1. The Labute approximate surface area is 189 Å². The number of thiophene rings is 1. The number of benzene rings is 1. The van der Waals surface area contributed by atoms with Crippen molar-refractivity contribution >= 4 is 28.2 Å². The predicted molar refractivity (Wildman–Crippen MR) is 123 cm³/mol. The van der Waals surface area contributed by atoms with Gasteiger partial charge in [0.05, 0.1) is 20.8 Å². The molecule has 1 N–H and O–H groups in total. The number of nitrogens with one attached hydrogen (secondary N) is 1. The van der Waals surface area contributed by atoms with E-state index in [1.807, 2.05) is 0 Å². The number of aryl methyl sites for hydroxylation is 1. The number of methoxy groups -OCH3 is 2. The van der Waals surface area contributed by atoms with Gasteiger partial charge in [0.2, 0.25) is 5.91 Å². The summed E-state index contributed by atoms with van der Waals surface area (Å²) in [5.41, 5.74) is 1.84. The molecule has 1 amide bonds. The van der Waals surface area contributed by atoms with Gasteiger partial charge in [0.15, 0.2) is 11.5 Å². The molecule has 0 atom stereocenters. The van der Waals surface area contributed by atoms with Crippen LogP contribution in [0.1, 0.15) is 22.8 Å².